The number of rotatable bonds is 4. The molecule has 0 radical (unpaired) electrons. The molecule has 2 atom stereocenters. The Kier molecular flexibility index (Phi) is 3.38. The third kappa shape index (κ3) is 2.22. The van der Waals surface area contributed by atoms with E-state index in [1.807, 2.05) is 18.8 Å². The van der Waals surface area contributed by atoms with Gasteiger partial charge >= 0.3 is 0 Å². The highest BCUT2D eigenvalue weighted by Gasteiger charge is 2.41. The van der Waals surface area contributed by atoms with Crippen molar-refractivity contribution in [1.82, 2.24) is 10.3 Å². The van der Waals surface area contributed by atoms with Gasteiger partial charge in [-0.15, -0.1) is 11.3 Å². The van der Waals surface area contributed by atoms with Gasteiger partial charge in [0.25, 0.3) is 0 Å². The lowest BCUT2D eigenvalue weighted by Crippen LogP contribution is -2.39. The fourth-order valence-corrected chi connectivity index (χ4v) is 3.12. The van der Waals surface area contributed by atoms with Crippen molar-refractivity contribution in [3.8, 4) is 0 Å². The lowest BCUT2D eigenvalue weighted by Gasteiger charge is -2.31. The summed E-state index contributed by atoms with van der Waals surface area (Å²) in [5.41, 5.74) is 2.17. The van der Waals surface area contributed by atoms with Crippen LogP contribution in [0.15, 0.2) is 11.7 Å². The maximum atomic E-state index is 5.71. The van der Waals surface area contributed by atoms with E-state index in [9.17, 15) is 0 Å². The molecule has 3 nitrogen and oxygen atoms in total. The van der Waals surface area contributed by atoms with Crippen LogP contribution in [0.1, 0.15) is 18.2 Å². The topological polar surface area (TPSA) is 34.2 Å². The van der Waals surface area contributed by atoms with Gasteiger partial charge in [-0.2, -0.15) is 0 Å². The largest absolute Gasteiger partial charge is 0.378 e. The highest BCUT2D eigenvalue weighted by atomic mass is 32.1. The van der Waals surface area contributed by atoms with Crippen LogP contribution in [-0.4, -0.2) is 31.3 Å². The van der Waals surface area contributed by atoms with Crippen LogP contribution in [0.25, 0.3) is 0 Å². The highest BCUT2D eigenvalue weighted by Crippen LogP contribution is 2.38. The second kappa shape index (κ2) is 4.60. The van der Waals surface area contributed by atoms with E-state index >= 15 is 0 Å². The van der Waals surface area contributed by atoms with Crippen LogP contribution in [-0.2, 0) is 11.2 Å². The molecule has 84 valence electrons. The van der Waals surface area contributed by atoms with Crippen molar-refractivity contribution in [2.75, 3.05) is 20.2 Å². The summed E-state index contributed by atoms with van der Waals surface area (Å²) in [5.74, 6) is 0. The molecule has 0 aromatic carbocycles. The zero-order chi connectivity index (χ0) is 10.7. The summed E-state index contributed by atoms with van der Waals surface area (Å²) in [4.78, 5) is 5.50. The second-order valence-corrected chi connectivity index (χ2v) is 5.27. The molecule has 1 saturated heterocycles. The summed E-state index contributed by atoms with van der Waals surface area (Å²) >= 11 is 1.74. The third-order valence-electron chi connectivity index (χ3n) is 3.37. The Bertz CT molecular complexity index is 302. The van der Waals surface area contributed by atoms with Gasteiger partial charge in [-0.05, 0) is 26.8 Å². The van der Waals surface area contributed by atoms with E-state index in [-0.39, 0.29) is 5.41 Å². The van der Waals surface area contributed by atoms with Crippen LogP contribution < -0.4 is 5.32 Å². The number of hydrogen-bond donors (Lipinski definition) is 1. The Morgan fingerprint density at radius 1 is 1.73 bits per heavy atom. The molecule has 0 spiro atoms. The number of nitrogens with zero attached hydrogens (tertiary/aromatic N) is 1. The van der Waals surface area contributed by atoms with Crippen LogP contribution in [0.4, 0.5) is 0 Å². The van der Waals surface area contributed by atoms with E-state index in [2.05, 4.69) is 17.2 Å². The normalized spacial score (nSPS) is 30.9. The summed E-state index contributed by atoms with van der Waals surface area (Å²) in [6.07, 6.45) is 4.55. The van der Waals surface area contributed by atoms with Crippen LogP contribution in [0.2, 0.25) is 0 Å². The van der Waals surface area contributed by atoms with Gasteiger partial charge in [0.05, 0.1) is 11.6 Å². The van der Waals surface area contributed by atoms with Crippen molar-refractivity contribution in [2.24, 2.45) is 5.41 Å². The van der Waals surface area contributed by atoms with Crippen molar-refractivity contribution < 1.29 is 4.74 Å². The van der Waals surface area contributed by atoms with Gasteiger partial charge in [0.1, 0.15) is 0 Å². The fraction of sp³-hybridized carbons (Fsp3) is 0.727. The van der Waals surface area contributed by atoms with Gasteiger partial charge in [-0.3, -0.25) is 4.98 Å². The van der Waals surface area contributed by atoms with E-state index in [0.29, 0.717) is 6.10 Å². The second-order valence-electron chi connectivity index (χ2n) is 4.30. The van der Waals surface area contributed by atoms with Crippen LogP contribution in [0.3, 0.4) is 0 Å². The van der Waals surface area contributed by atoms with Gasteiger partial charge < -0.3 is 10.1 Å². The summed E-state index contributed by atoms with van der Waals surface area (Å²) in [7, 11) is 2.01. The Hall–Kier alpha value is -0.450. The minimum Gasteiger partial charge on any atom is -0.378 e. The maximum absolute atomic E-state index is 5.71. The quantitative estimate of drug-likeness (QED) is 0.848. The SMILES string of the molecule is CNCC1(Cc2cncs2)CCOC1C. The van der Waals surface area contributed by atoms with Crippen molar-refractivity contribution in [3.05, 3.63) is 16.6 Å². The Balaban J connectivity index is 2.12. The number of aromatic nitrogens is 1. The molecule has 1 aromatic rings. The van der Waals surface area contributed by atoms with Crippen molar-refractivity contribution >= 4 is 11.3 Å². The summed E-state index contributed by atoms with van der Waals surface area (Å²) in [6.45, 7) is 4.10. The predicted octanol–water partition coefficient (Wildman–Crippen LogP) is 1.70. The van der Waals surface area contributed by atoms with Crippen molar-refractivity contribution in [2.45, 2.75) is 25.9 Å². The summed E-state index contributed by atoms with van der Waals surface area (Å²) in [5, 5.41) is 3.30. The standard InChI is InChI=1S/C11H18N2OS/c1-9-11(7-12-2,3-4-14-9)5-10-6-13-8-15-10/h6,8-9,12H,3-5,7H2,1-2H3. The average Bonchev–Trinajstić information content (AvgIpc) is 2.80. The first-order valence-electron chi connectivity index (χ1n) is 5.40. The molecule has 0 amide bonds. The molecule has 1 aromatic heterocycles. The molecule has 2 rings (SSSR count). The first-order chi connectivity index (χ1) is 7.27. The molecule has 0 aliphatic carbocycles. The zero-order valence-corrected chi connectivity index (χ0v) is 10.1. The molecular formula is C11H18N2OS. The number of thiazole rings is 1. The van der Waals surface area contributed by atoms with Gasteiger partial charge in [0, 0.05) is 29.6 Å². The Morgan fingerprint density at radius 2 is 2.60 bits per heavy atom. The number of nitrogens with one attached hydrogen (secondary N) is 1. The summed E-state index contributed by atoms with van der Waals surface area (Å²) in [6, 6.07) is 0. The van der Waals surface area contributed by atoms with E-state index < -0.39 is 0 Å². The molecule has 2 unspecified atom stereocenters. The third-order valence-corrected chi connectivity index (χ3v) is 4.15. The van der Waals surface area contributed by atoms with Gasteiger partial charge in [0.15, 0.2) is 0 Å². The first-order valence-corrected chi connectivity index (χ1v) is 6.28. The summed E-state index contributed by atoms with van der Waals surface area (Å²) < 4.78 is 5.71. The van der Waals surface area contributed by atoms with Crippen LogP contribution >= 0.6 is 11.3 Å². The van der Waals surface area contributed by atoms with E-state index in [1.165, 1.54) is 4.88 Å². The Morgan fingerprint density at radius 3 is 3.13 bits per heavy atom. The molecule has 1 aliphatic heterocycles. The minimum absolute atomic E-state index is 0.265. The molecule has 0 saturated carbocycles. The molecule has 1 fully saturated rings. The van der Waals surface area contributed by atoms with Crippen molar-refractivity contribution in [3.63, 3.8) is 0 Å². The Labute approximate surface area is 94.9 Å². The van der Waals surface area contributed by atoms with Crippen molar-refractivity contribution in [1.29, 1.82) is 0 Å². The number of ether oxygens (including phenoxy) is 1. The van der Waals surface area contributed by atoms with E-state index in [0.717, 1.165) is 26.0 Å². The van der Waals surface area contributed by atoms with Crippen LogP contribution in [0.5, 0.6) is 0 Å². The molecular weight excluding hydrogens is 208 g/mol. The lowest BCUT2D eigenvalue weighted by molar-refractivity contribution is 0.0643. The highest BCUT2D eigenvalue weighted by molar-refractivity contribution is 7.09. The first kappa shape index (κ1) is 11.0. The number of hydrogen-bond acceptors (Lipinski definition) is 4. The van der Waals surface area contributed by atoms with Gasteiger partial charge in [-0.1, -0.05) is 0 Å². The molecule has 4 heteroatoms. The van der Waals surface area contributed by atoms with Gasteiger partial charge in [-0.25, -0.2) is 0 Å². The van der Waals surface area contributed by atoms with E-state index in [4.69, 9.17) is 4.74 Å². The minimum atomic E-state index is 0.265. The lowest BCUT2D eigenvalue weighted by atomic mass is 9.78. The molecule has 15 heavy (non-hydrogen) atoms. The fourth-order valence-electron chi connectivity index (χ4n) is 2.37. The average molecular weight is 226 g/mol. The zero-order valence-electron chi connectivity index (χ0n) is 9.32. The predicted molar refractivity (Wildman–Crippen MR) is 62.2 cm³/mol. The van der Waals surface area contributed by atoms with Gasteiger partial charge in [0.2, 0.25) is 0 Å². The van der Waals surface area contributed by atoms with Crippen LogP contribution in [0, 0.1) is 5.41 Å². The smallest absolute Gasteiger partial charge is 0.0794 e. The molecule has 1 aliphatic rings. The molecule has 1 N–H and O–H groups in total. The molecule has 2 heterocycles. The maximum Gasteiger partial charge on any atom is 0.0794 e. The van der Waals surface area contributed by atoms with E-state index in [1.54, 1.807) is 11.3 Å². The molecule has 0 bridgehead atoms. The monoisotopic (exact) mass is 226 g/mol.